The molecule has 140 valence electrons. The molecular formula is C22H22FNO3. The van der Waals surface area contributed by atoms with Gasteiger partial charge >= 0.3 is 0 Å². The van der Waals surface area contributed by atoms with Crippen LogP contribution < -0.4 is 0 Å². The van der Waals surface area contributed by atoms with E-state index in [1.54, 1.807) is 12.1 Å². The molecule has 1 N–H and O–H groups in total. The second kappa shape index (κ2) is 8.16. The van der Waals surface area contributed by atoms with E-state index < -0.39 is 23.5 Å². The van der Waals surface area contributed by atoms with Gasteiger partial charge in [-0.1, -0.05) is 49.4 Å². The van der Waals surface area contributed by atoms with Crippen LogP contribution in [0.15, 0.2) is 65.9 Å². The molecule has 0 radical (unpaired) electrons. The van der Waals surface area contributed by atoms with Crippen LogP contribution in [0.25, 0.3) is 0 Å². The van der Waals surface area contributed by atoms with Crippen LogP contribution in [0.4, 0.5) is 4.39 Å². The monoisotopic (exact) mass is 367 g/mol. The maximum atomic E-state index is 13.3. The molecule has 1 aliphatic heterocycles. The predicted octanol–water partition coefficient (Wildman–Crippen LogP) is 4.13. The van der Waals surface area contributed by atoms with Crippen LogP contribution in [-0.4, -0.2) is 28.2 Å². The summed E-state index contributed by atoms with van der Waals surface area (Å²) in [6, 6.07) is 14.6. The van der Waals surface area contributed by atoms with Gasteiger partial charge in [0.25, 0.3) is 5.91 Å². The lowest BCUT2D eigenvalue weighted by atomic mass is 9.93. The molecule has 2 aromatic carbocycles. The van der Waals surface area contributed by atoms with Crippen molar-refractivity contribution in [3.05, 3.63) is 82.9 Å². The number of aryl methyl sites for hydroxylation is 1. The predicted molar refractivity (Wildman–Crippen MR) is 101 cm³/mol. The van der Waals surface area contributed by atoms with Crippen LogP contribution in [0.1, 0.15) is 36.9 Å². The topological polar surface area (TPSA) is 57.6 Å². The quantitative estimate of drug-likeness (QED) is 0.800. The van der Waals surface area contributed by atoms with Crippen molar-refractivity contribution in [2.45, 2.75) is 32.2 Å². The van der Waals surface area contributed by atoms with Crippen molar-refractivity contribution >= 4 is 11.7 Å². The maximum Gasteiger partial charge on any atom is 0.290 e. The minimum atomic E-state index is -0.679. The largest absolute Gasteiger partial charge is 0.503 e. The van der Waals surface area contributed by atoms with E-state index in [9.17, 15) is 19.1 Å². The summed E-state index contributed by atoms with van der Waals surface area (Å²) >= 11 is 0. The summed E-state index contributed by atoms with van der Waals surface area (Å²) in [6.07, 6.45) is 1.39. The molecule has 3 rings (SSSR count). The molecule has 1 unspecified atom stereocenters. The summed E-state index contributed by atoms with van der Waals surface area (Å²) < 4.78 is 13.3. The summed E-state index contributed by atoms with van der Waals surface area (Å²) in [6.45, 7) is 2.32. The molecule has 1 atom stereocenters. The van der Waals surface area contributed by atoms with Crippen LogP contribution in [0.3, 0.4) is 0 Å². The molecule has 0 saturated carbocycles. The minimum absolute atomic E-state index is 0.107. The first-order valence-corrected chi connectivity index (χ1v) is 9.09. The SMILES string of the molecule is CCCN1C(=O)C(O)=C(C(=O)CCc2ccccc2)C1c1ccc(F)cc1. The highest BCUT2D eigenvalue weighted by molar-refractivity contribution is 6.09. The molecule has 0 saturated heterocycles. The third-order valence-corrected chi connectivity index (χ3v) is 4.74. The number of hydrogen-bond acceptors (Lipinski definition) is 3. The lowest BCUT2D eigenvalue weighted by Crippen LogP contribution is -2.31. The zero-order valence-corrected chi connectivity index (χ0v) is 15.2. The smallest absolute Gasteiger partial charge is 0.290 e. The molecule has 1 heterocycles. The van der Waals surface area contributed by atoms with Crippen molar-refractivity contribution in [1.29, 1.82) is 0 Å². The molecule has 2 aromatic rings. The Labute approximate surface area is 157 Å². The van der Waals surface area contributed by atoms with Crippen molar-refractivity contribution < 1.29 is 19.1 Å². The van der Waals surface area contributed by atoms with E-state index >= 15 is 0 Å². The molecular weight excluding hydrogens is 345 g/mol. The molecule has 0 aliphatic carbocycles. The van der Waals surface area contributed by atoms with E-state index in [-0.39, 0.29) is 17.8 Å². The molecule has 5 heteroatoms. The van der Waals surface area contributed by atoms with Gasteiger partial charge in [-0.3, -0.25) is 9.59 Å². The summed E-state index contributed by atoms with van der Waals surface area (Å²) in [5, 5.41) is 10.4. The number of rotatable bonds is 7. The zero-order valence-electron chi connectivity index (χ0n) is 15.2. The van der Waals surface area contributed by atoms with E-state index in [0.29, 0.717) is 24.9 Å². The Kier molecular flexibility index (Phi) is 5.69. The van der Waals surface area contributed by atoms with Crippen molar-refractivity contribution in [1.82, 2.24) is 4.90 Å². The molecule has 1 aliphatic rings. The van der Waals surface area contributed by atoms with Crippen molar-refractivity contribution in [2.24, 2.45) is 0 Å². The van der Waals surface area contributed by atoms with Crippen molar-refractivity contribution in [2.75, 3.05) is 6.54 Å². The Morgan fingerprint density at radius 3 is 2.41 bits per heavy atom. The lowest BCUT2D eigenvalue weighted by molar-refractivity contribution is -0.129. The first-order chi connectivity index (χ1) is 13.0. The molecule has 27 heavy (non-hydrogen) atoms. The van der Waals surface area contributed by atoms with E-state index in [0.717, 1.165) is 5.56 Å². The Morgan fingerprint density at radius 2 is 1.78 bits per heavy atom. The number of ketones is 1. The van der Waals surface area contributed by atoms with E-state index in [1.165, 1.54) is 17.0 Å². The highest BCUT2D eigenvalue weighted by Gasteiger charge is 2.42. The molecule has 0 fully saturated rings. The number of hydrogen-bond donors (Lipinski definition) is 1. The second-order valence-electron chi connectivity index (χ2n) is 6.62. The number of halogens is 1. The average Bonchev–Trinajstić information content (AvgIpc) is 2.93. The number of aliphatic hydroxyl groups is 1. The Bertz CT molecular complexity index is 859. The van der Waals surface area contributed by atoms with Gasteiger partial charge in [0.15, 0.2) is 11.5 Å². The van der Waals surface area contributed by atoms with Gasteiger partial charge in [-0.05, 0) is 36.1 Å². The fourth-order valence-electron chi connectivity index (χ4n) is 3.44. The highest BCUT2D eigenvalue weighted by Crippen LogP contribution is 2.38. The number of carbonyl (C=O) groups is 2. The van der Waals surface area contributed by atoms with Crippen LogP contribution in [0, 0.1) is 5.82 Å². The Hall–Kier alpha value is -2.95. The van der Waals surface area contributed by atoms with E-state index in [4.69, 9.17) is 0 Å². The molecule has 0 bridgehead atoms. The summed E-state index contributed by atoms with van der Waals surface area (Å²) in [5.41, 5.74) is 1.74. The van der Waals surface area contributed by atoms with Gasteiger partial charge in [-0.25, -0.2) is 4.39 Å². The molecule has 0 spiro atoms. The van der Waals surface area contributed by atoms with Crippen molar-refractivity contribution in [3.63, 3.8) is 0 Å². The van der Waals surface area contributed by atoms with Gasteiger partial charge < -0.3 is 10.0 Å². The molecule has 1 amide bonds. The number of aliphatic hydroxyl groups excluding tert-OH is 1. The summed E-state index contributed by atoms with van der Waals surface area (Å²) in [7, 11) is 0. The third-order valence-electron chi connectivity index (χ3n) is 4.74. The zero-order chi connectivity index (χ0) is 19.4. The molecule has 4 nitrogen and oxygen atoms in total. The maximum absolute atomic E-state index is 13.3. The summed E-state index contributed by atoms with van der Waals surface area (Å²) in [5.74, 6) is -1.70. The Morgan fingerprint density at radius 1 is 1.11 bits per heavy atom. The minimum Gasteiger partial charge on any atom is -0.503 e. The first-order valence-electron chi connectivity index (χ1n) is 9.09. The number of amides is 1. The second-order valence-corrected chi connectivity index (χ2v) is 6.62. The fraction of sp³-hybridized carbons (Fsp3) is 0.273. The average molecular weight is 367 g/mol. The van der Waals surface area contributed by atoms with Gasteiger partial charge in [0.1, 0.15) is 5.82 Å². The highest BCUT2D eigenvalue weighted by atomic mass is 19.1. The Balaban J connectivity index is 1.90. The van der Waals surface area contributed by atoms with Gasteiger partial charge in [0.2, 0.25) is 0 Å². The normalized spacial score (nSPS) is 16.9. The van der Waals surface area contributed by atoms with Gasteiger partial charge in [0, 0.05) is 13.0 Å². The first kappa shape index (κ1) is 18.8. The van der Waals surface area contributed by atoms with E-state index in [1.807, 2.05) is 37.3 Å². The van der Waals surface area contributed by atoms with Gasteiger partial charge in [-0.15, -0.1) is 0 Å². The van der Waals surface area contributed by atoms with Crippen molar-refractivity contribution in [3.8, 4) is 0 Å². The summed E-state index contributed by atoms with van der Waals surface area (Å²) in [4.78, 5) is 26.9. The van der Waals surface area contributed by atoms with Gasteiger partial charge in [-0.2, -0.15) is 0 Å². The number of nitrogens with zero attached hydrogens (tertiary/aromatic N) is 1. The van der Waals surface area contributed by atoms with Crippen LogP contribution in [0.5, 0.6) is 0 Å². The molecule has 0 aromatic heterocycles. The number of benzene rings is 2. The number of Topliss-reactive ketones (excluding diaryl/α,β-unsaturated/α-hetero) is 1. The standard InChI is InChI=1S/C22H22FNO3/c1-2-14-24-20(16-9-11-17(23)12-10-16)19(21(26)22(24)27)18(25)13-8-15-6-4-3-5-7-15/h3-7,9-12,20,26H,2,8,13-14H2,1H3. The van der Waals surface area contributed by atoms with Crippen LogP contribution >= 0.6 is 0 Å². The van der Waals surface area contributed by atoms with Crippen LogP contribution in [0.2, 0.25) is 0 Å². The lowest BCUT2D eigenvalue weighted by Gasteiger charge is -2.26. The van der Waals surface area contributed by atoms with Gasteiger partial charge in [0.05, 0.1) is 11.6 Å². The fourth-order valence-corrected chi connectivity index (χ4v) is 3.44. The third kappa shape index (κ3) is 3.92. The van der Waals surface area contributed by atoms with E-state index in [2.05, 4.69) is 0 Å². The number of carbonyl (C=O) groups excluding carboxylic acids is 2. The van der Waals surface area contributed by atoms with Crippen LogP contribution in [-0.2, 0) is 16.0 Å².